The molecule has 0 atom stereocenters. The minimum Gasteiger partial charge on any atom is -0.441 e. The molecule has 5 rings (SSSR count). The van der Waals surface area contributed by atoms with E-state index in [4.69, 9.17) is 9.15 Å². The van der Waals surface area contributed by atoms with Crippen molar-refractivity contribution in [3.8, 4) is 11.3 Å². The van der Waals surface area contributed by atoms with Gasteiger partial charge in [-0.3, -0.25) is 15.2 Å². The molecule has 2 aliphatic heterocycles. The molecule has 0 radical (unpaired) electrons. The largest absolute Gasteiger partial charge is 0.441 e. The summed E-state index contributed by atoms with van der Waals surface area (Å²) < 4.78 is 11.0. The zero-order chi connectivity index (χ0) is 21.2. The van der Waals surface area contributed by atoms with Crippen molar-refractivity contribution < 1.29 is 13.9 Å². The first-order valence-corrected chi connectivity index (χ1v) is 10.7. The van der Waals surface area contributed by atoms with E-state index in [0.29, 0.717) is 23.5 Å². The van der Waals surface area contributed by atoms with Crippen molar-refractivity contribution in [3.05, 3.63) is 36.6 Å². The molecule has 0 aromatic carbocycles. The van der Waals surface area contributed by atoms with E-state index >= 15 is 0 Å². The van der Waals surface area contributed by atoms with Crippen LogP contribution in [-0.2, 0) is 4.74 Å². The molecule has 0 saturated carbocycles. The number of piperidine rings is 1. The smallest absolute Gasteiger partial charge is 0.323 e. The molecule has 1 N–H and O–H groups in total. The highest BCUT2D eigenvalue weighted by atomic mass is 16.5. The molecule has 3 aromatic rings. The molecule has 9 heteroatoms. The molecule has 0 spiro atoms. The second kappa shape index (κ2) is 8.60. The van der Waals surface area contributed by atoms with Gasteiger partial charge in [-0.15, -0.1) is 0 Å². The number of oxazole rings is 1. The Morgan fingerprint density at radius 2 is 1.84 bits per heavy atom. The monoisotopic (exact) mass is 422 g/mol. The standard InChI is InChI=1S/C22H26N6O3/c1-15-23-14-20(31-15)17-10-16-11-21(25-13-19(16)24-12-17)26-22(29)28-4-2-18(3-5-28)27-6-8-30-9-7-27/h10-14,18H,2-9H2,1H3,(H,25,26,29). The van der Waals surface area contributed by atoms with E-state index in [-0.39, 0.29) is 6.03 Å². The van der Waals surface area contributed by atoms with Gasteiger partial charge < -0.3 is 14.1 Å². The number of ether oxygens (including phenoxy) is 1. The number of urea groups is 1. The van der Waals surface area contributed by atoms with Crippen LogP contribution in [0.5, 0.6) is 0 Å². The Morgan fingerprint density at radius 3 is 2.58 bits per heavy atom. The summed E-state index contributed by atoms with van der Waals surface area (Å²) in [7, 11) is 0. The lowest BCUT2D eigenvalue weighted by molar-refractivity contribution is 0.00419. The Balaban J connectivity index is 1.24. The van der Waals surface area contributed by atoms with Crippen molar-refractivity contribution in [1.29, 1.82) is 0 Å². The molecular weight excluding hydrogens is 396 g/mol. The van der Waals surface area contributed by atoms with Gasteiger partial charge in [0.15, 0.2) is 11.7 Å². The van der Waals surface area contributed by atoms with Crippen LogP contribution in [0, 0.1) is 6.92 Å². The van der Waals surface area contributed by atoms with Crippen molar-refractivity contribution in [2.75, 3.05) is 44.7 Å². The predicted molar refractivity (Wildman–Crippen MR) is 116 cm³/mol. The lowest BCUT2D eigenvalue weighted by Crippen LogP contribution is -2.50. The SMILES string of the molecule is Cc1ncc(-c2cnc3cnc(NC(=O)N4CCC(N5CCOCC5)CC4)cc3c2)o1. The molecule has 2 fully saturated rings. The summed E-state index contributed by atoms with van der Waals surface area (Å²) >= 11 is 0. The molecule has 0 unspecified atom stereocenters. The van der Waals surface area contributed by atoms with Gasteiger partial charge >= 0.3 is 6.03 Å². The van der Waals surface area contributed by atoms with Crippen LogP contribution in [0.3, 0.4) is 0 Å². The topological polar surface area (TPSA) is 96.6 Å². The molecule has 0 bridgehead atoms. The fourth-order valence-electron chi connectivity index (χ4n) is 4.29. The van der Waals surface area contributed by atoms with Crippen molar-refractivity contribution in [2.45, 2.75) is 25.8 Å². The third-order valence-electron chi connectivity index (χ3n) is 6.02. The fraction of sp³-hybridized carbons (Fsp3) is 0.455. The molecule has 9 nitrogen and oxygen atoms in total. The Morgan fingerprint density at radius 1 is 1.03 bits per heavy atom. The molecule has 2 saturated heterocycles. The molecule has 2 amide bonds. The Labute approximate surface area is 180 Å². The van der Waals surface area contributed by atoms with Crippen LogP contribution < -0.4 is 5.32 Å². The van der Waals surface area contributed by atoms with Crippen molar-refractivity contribution in [1.82, 2.24) is 24.8 Å². The van der Waals surface area contributed by atoms with E-state index in [0.717, 1.165) is 68.7 Å². The number of aryl methyl sites for hydroxylation is 1. The normalized spacial score (nSPS) is 18.4. The van der Waals surface area contributed by atoms with Crippen LogP contribution >= 0.6 is 0 Å². The molecule has 3 aromatic heterocycles. The van der Waals surface area contributed by atoms with Crippen LogP contribution in [0.25, 0.3) is 22.2 Å². The summed E-state index contributed by atoms with van der Waals surface area (Å²) in [5.41, 5.74) is 1.59. The number of fused-ring (bicyclic) bond motifs is 1. The number of hydrogen-bond donors (Lipinski definition) is 1. The highest BCUT2D eigenvalue weighted by Crippen LogP contribution is 2.25. The van der Waals surface area contributed by atoms with Crippen molar-refractivity contribution >= 4 is 22.8 Å². The molecule has 0 aliphatic carbocycles. The summed E-state index contributed by atoms with van der Waals surface area (Å²) in [5, 5.41) is 3.82. The number of likely N-dealkylation sites (tertiary alicyclic amines) is 1. The predicted octanol–water partition coefficient (Wildman–Crippen LogP) is 2.92. The summed E-state index contributed by atoms with van der Waals surface area (Å²) in [6.07, 6.45) is 7.07. The molecule has 2 aliphatic rings. The Bertz CT molecular complexity index is 1070. The van der Waals surface area contributed by atoms with Crippen LogP contribution in [0.15, 0.2) is 35.1 Å². The third-order valence-corrected chi connectivity index (χ3v) is 6.02. The van der Waals surface area contributed by atoms with E-state index in [1.54, 1.807) is 25.5 Å². The van der Waals surface area contributed by atoms with Gasteiger partial charge in [-0.2, -0.15) is 0 Å². The summed E-state index contributed by atoms with van der Waals surface area (Å²) in [4.78, 5) is 30.1. The highest BCUT2D eigenvalue weighted by Gasteiger charge is 2.28. The fourth-order valence-corrected chi connectivity index (χ4v) is 4.29. The second-order valence-electron chi connectivity index (χ2n) is 8.03. The quantitative estimate of drug-likeness (QED) is 0.693. The lowest BCUT2D eigenvalue weighted by atomic mass is 10.0. The number of carbonyl (C=O) groups excluding carboxylic acids is 1. The number of amides is 2. The van der Waals surface area contributed by atoms with Gasteiger partial charge in [-0.1, -0.05) is 0 Å². The van der Waals surface area contributed by atoms with Gasteiger partial charge in [0, 0.05) is 56.3 Å². The number of nitrogens with one attached hydrogen (secondary N) is 1. The van der Waals surface area contributed by atoms with Gasteiger partial charge in [0.2, 0.25) is 0 Å². The van der Waals surface area contributed by atoms with Crippen molar-refractivity contribution in [2.24, 2.45) is 0 Å². The summed E-state index contributed by atoms with van der Waals surface area (Å²) in [6, 6.07) is 4.24. The van der Waals surface area contributed by atoms with E-state index < -0.39 is 0 Å². The first-order chi connectivity index (χ1) is 15.2. The zero-order valence-electron chi connectivity index (χ0n) is 17.6. The first-order valence-electron chi connectivity index (χ1n) is 10.7. The summed E-state index contributed by atoms with van der Waals surface area (Å²) in [5.74, 6) is 1.79. The minimum atomic E-state index is -0.109. The highest BCUT2D eigenvalue weighted by molar-refractivity contribution is 5.91. The van der Waals surface area contributed by atoms with Crippen LogP contribution in [0.1, 0.15) is 18.7 Å². The average molecular weight is 422 g/mol. The number of aromatic nitrogens is 3. The molecule has 5 heterocycles. The van der Waals surface area contributed by atoms with E-state index in [2.05, 4.69) is 25.2 Å². The average Bonchev–Trinajstić information content (AvgIpc) is 3.25. The maximum absolute atomic E-state index is 12.8. The number of nitrogens with zero attached hydrogens (tertiary/aromatic N) is 5. The maximum atomic E-state index is 12.8. The van der Waals surface area contributed by atoms with E-state index in [1.807, 2.05) is 17.0 Å². The number of pyridine rings is 2. The second-order valence-corrected chi connectivity index (χ2v) is 8.03. The maximum Gasteiger partial charge on any atom is 0.323 e. The number of hydrogen-bond acceptors (Lipinski definition) is 7. The number of morpholine rings is 1. The Kier molecular flexibility index (Phi) is 5.52. The molecule has 162 valence electrons. The first kappa shape index (κ1) is 19.9. The van der Waals surface area contributed by atoms with Gasteiger partial charge in [-0.05, 0) is 25.0 Å². The van der Waals surface area contributed by atoms with E-state index in [1.165, 1.54) is 0 Å². The third kappa shape index (κ3) is 4.38. The van der Waals surface area contributed by atoms with Gasteiger partial charge in [-0.25, -0.2) is 14.8 Å². The van der Waals surface area contributed by atoms with Crippen LogP contribution in [0.4, 0.5) is 10.6 Å². The summed E-state index contributed by atoms with van der Waals surface area (Å²) in [6.45, 7) is 6.89. The number of anilines is 1. The van der Waals surface area contributed by atoms with Crippen LogP contribution in [0.2, 0.25) is 0 Å². The van der Waals surface area contributed by atoms with Crippen molar-refractivity contribution in [3.63, 3.8) is 0 Å². The lowest BCUT2D eigenvalue weighted by Gasteiger charge is -2.39. The number of carbonyl (C=O) groups is 1. The molecule has 31 heavy (non-hydrogen) atoms. The van der Waals surface area contributed by atoms with Crippen LogP contribution in [-0.4, -0.2) is 76.2 Å². The van der Waals surface area contributed by atoms with Gasteiger partial charge in [0.05, 0.1) is 31.1 Å². The minimum absolute atomic E-state index is 0.109. The number of rotatable bonds is 3. The molecular formula is C22H26N6O3. The van der Waals surface area contributed by atoms with Gasteiger partial charge in [0.1, 0.15) is 5.82 Å². The van der Waals surface area contributed by atoms with E-state index in [9.17, 15) is 4.79 Å². The Hall–Kier alpha value is -3.04. The van der Waals surface area contributed by atoms with Gasteiger partial charge in [0.25, 0.3) is 0 Å². The zero-order valence-corrected chi connectivity index (χ0v) is 17.6.